The molecule has 0 radical (unpaired) electrons. The first-order valence-corrected chi connectivity index (χ1v) is 4.67. The van der Waals surface area contributed by atoms with Crippen molar-refractivity contribution < 1.29 is 4.39 Å². The molecule has 1 aromatic rings. The van der Waals surface area contributed by atoms with E-state index in [-0.39, 0.29) is 17.7 Å². The Kier molecular flexibility index (Phi) is 2.47. The van der Waals surface area contributed by atoms with Crippen molar-refractivity contribution in [1.29, 1.82) is 5.26 Å². The minimum absolute atomic E-state index is 0.00111. The lowest BCUT2D eigenvalue weighted by Gasteiger charge is -2.12. The second-order valence-corrected chi connectivity index (χ2v) is 3.52. The van der Waals surface area contributed by atoms with Gasteiger partial charge >= 0.3 is 0 Å². The molecule has 1 aromatic carbocycles. The SMILES string of the molecule is N#C[C@H]1CNC[C@@H]1c1ccccc1F. The average Bonchev–Trinajstić information content (AvgIpc) is 2.66. The summed E-state index contributed by atoms with van der Waals surface area (Å²) in [6.07, 6.45) is 0. The fourth-order valence-electron chi connectivity index (χ4n) is 1.92. The van der Waals surface area contributed by atoms with E-state index >= 15 is 0 Å². The van der Waals surface area contributed by atoms with Gasteiger partial charge in [0.05, 0.1) is 12.0 Å². The lowest BCUT2D eigenvalue weighted by atomic mass is 9.90. The fraction of sp³-hybridized carbons (Fsp3) is 0.364. The molecule has 0 unspecified atom stereocenters. The van der Waals surface area contributed by atoms with Crippen LogP contribution in [0.2, 0.25) is 0 Å². The molecule has 1 N–H and O–H groups in total. The van der Waals surface area contributed by atoms with Crippen molar-refractivity contribution in [3.63, 3.8) is 0 Å². The molecule has 1 fully saturated rings. The van der Waals surface area contributed by atoms with Crippen molar-refractivity contribution in [1.82, 2.24) is 5.32 Å². The molecule has 2 atom stereocenters. The quantitative estimate of drug-likeness (QED) is 0.731. The highest BCUT2D eigenvalue weighted by atomic mass is 19.1. The Labute approximate surface area is 82.4 Å². The standard InChI is InChI=1S/C11H11FN2/c12-11-4-2-1-3-9(11)10-7-14-6-8(10)5-13/h1-4,8,10,14H,6-7H2/t8-,10-/m0/s1. The molecular weight excluding hydrogens is 179 g/mol. The van der Waals surface area contributed by atoms with Crippen LogP contribution in [-0.2, 0) is 0 Å². The lowest BCUT2D eigenvalue weighted by molar-refractivity contribution is 0.562. The summed E-state index contributed by atoms with van der Waals surface area (Å²) in [5, 5.41) is 12.0. The number of benzene rings is 1. The van der Waals surface area contributed by atoms with Gasteiger partial charge in [0.25, 0.3) is 0 Å². The van der Waals surface area contributed by atoms with Gasteiger partial charge in [-0.3, -0.25) is 0 Å². The van der Waals surface area contributed by atoms with Crippen LogP contribution in [0.3, 0.4) is 0 Å². The normalized spacial score (nSPS) is 26.0. The van der Waals surface area contributed by atoms with Crippen LogP contribution >= 0.6 is 0 Å². The largest absolute Gasteiger partial charge is 0.315 e. The molecule has 72 valence electrons. The molecule has 0 aromatic heterocycles. The smallest absolute Gasteiger partial charge is 0.126 e. The van der Waals surface area contributed by atoms with E-state index in [2.05, 4.69) is 11.4 Å². The summed E-state index contributed by atoms with van der Waals surface area (Å²) in [6.45, 7) is 1.36. The van der Waals surface area contributed by atoms with E-state index in [1.807, 2.05) is 6.07 Å². The van der Waals surface area contributed by atoms with Crippen LogP contribution in [0.25, 0.3) is 0 Å². The third-order valence-electron chi connectivity index (χ3n) is 2.68. The van der Waals surface area contributed by atoms with Gasteiger partial charge in [-0.05, 0) is 11.6 Å². The Morgan fingerprint density at radius 3 is 2.86 bits per heavy atom. The molecule has 1 aliphatic rings. The van der Waals surface area contributed by atoms with E-state index in [1.165, 1.54) is 6.07 Å². The first-order chi connectivity index (χ1) is 6.83. The van der Waals surface area contributed by atoms with E-state index in [9.17, 15) is 4.39 Å². The van der Waals surface area contributed by atoms with Crippen molar-refractivity contribution in [3.05, 3.63) is 35.6 Å². The third kappa shape index (κ3) is 1.49. The van der Waals surface area contributed by atoms with Crippen LogP contribution in [0.4, 0.5) is 4.39 Å². The molecule has 2 nitrogen and oxygen atoms in total. The summed E-state index contributed by atoms with van der Waals surface area (Å²) in [7, 11) is 0. The molecule has 3 heteroatoms. The summed E-state index contributed by atoms with van der Waals surface area (Å²) in [5.74, 6) is -0.311. The van der Waals surface area contributed by atoms with Crippen LogP contribution in [-0.4, -0.2) is 13.1 Å². The first kappa shape index (κ1) is 9.17. The van der Waals surface area contributed by atoms with Gasteiger partial charge in [0, 0.05) is 19.0 Å². The summed E-state index contributed by atoms with van der Waals surface area (Å²) >= 11 is 0. The Hall–Kier alpha value is -1.40. The fourth-order valence-corrected chi connectivity index (χ4v) is 1.92. The minimum atomic E-state index is -0.207. The van der Waals surface area contributed by atoms with E-state index in [1.54, 1.807) is 12.1 Å². The van der Waals surface area contributed by atoms with E-state index in [0.29, 0.717) is 18.7 Å². The summed E-state index contributed by atoms with van der Waals surface area (Å²) in [5.41, 5.74) is 0.657. The Bertz CT molecular complexity index is 370. The zero-order valence-electron chi connectivity index (χ0n) is 7.70. The maximum atomic E-state index is 13.4. The summed E-state index contributed by atoms with van der Waals surface area (Å²) in [6, 6.07) is 8.90. The van der Waals surface area contributed by atoms with E-state index < -0.39 is 0 Å². The molecule has 1 saturated heterocycles. The van der Waals surface area contributed by atoms with Crippen molar-refractivity contribution in [2.45, 2.75) is 5.92 Å². The second-order valence-electron chi connectivity index (χ2n) is 3.52. The summed E-state index contributed by atoms with van der Waals surface area (Å²) < 4.78 is 13.4. The highest BCUT2D eigenvalue weighted by Crippen LogP contribution is 2.29. The highest BCUT2D eigenvalue weighted by Gasteiger charge is 2.29. The summed E-state index contributed by atoms with van der Waals surface area (Å²) in [4.78, 5) is 0. The van der Waals surface area contributed by atoms with Crippen LogP contribution in [0, 0.1) is 23.1 Å². The molecule has 2 rings (SSSR count). The molecule has 0 saturated carbocycles. The van der Waals surface area contributed by atoms with Crippen molar-refractivity contribution in [2.24, 2.45) is 5.92 Å². The number of nitrogens with one attached hydrogen (secondary N) is 1. The molecule has 1 heterocycles. The molecular formula is C11H11FN2. The number of rotatable bonds is 1. The zero-order valence-corrected chi connectivity index (χ0v) is 7.70. The first-order valence-electron chi connectivity index (χ1n) is 4.67. The number of hydrogen-bond donors (Lipinski definition) is 1. The zero-order chi connectivity index (χ0) is 9.97. The molecule has 0 bridgehead atoms. The monoisotopic (exact) mass is 190 g/mol. The average molecular weight is 190 g/mol. The topological polar surface area (TPSA) is 35.8 Å². The predicted octanol–water partition coefficient (Wildman–Crippen LogP) is 1.65. The van der Waals surface area contributed by atoms with E-state index in [0.717, 1.165) is 0 Å². The second kappa shape index (κ2) is 3.77. The molecule has 1 aliphatic heterocycles. The predicted molar refractivity (Wildman–Crippen MR) is 51.1 cm³/mol. The molecule has 0 spiro atoms. The van der Waals surface area contributed by atoms with Crippen molar-refractivity contribution >= 4 is 0 Å². The van der Waals surface area contributed by atoms with E-state index in [4.69, 9.17) is 5.26 Å². The van der Waals surface area contributed by atoms with Gasteiger partial charge < -0.3 is 5.32 Å². The minimum Gasteiger partial charge on any atom is -0.315 e. The van der Waals surface area contributed by atoms with Gasteiger partial charge in [0.1, 0.15) is 5.82 Å². The van der Waals surface area contributed by atoms with Gasteiger partial charge in [-0.1, -0.05) is 18.2 Å². The molecule has 14 heavy (non-hydrogen) atoms. The van der Waals surface area contributed by atoms with Crippen LogP contribution in [0.1, 0.15) is 11.5 Å². The van der Waals surface area contributed by atoms with Crippen molar-refractivity contribution in [3.8, 4) is 6.07 Å². The van der Waals surface area contributed by atoms with Crippen LogP contribution < -0.4 is 5.32 Å². The molecule has 0 aliphatic carbocycles. The van der Waals surface area contributed by atoms with Crippen LogP contribution in [0.15, 0.2) is 24.3 Å². The maximum absolute atomic E-state index is 13.4. The van der Waals surface area contributed by atoms with Gasteiger partial charge in [-0.15, -0.1) is 0 Å². The Morgan fingerprint density at radius 1 is 1.36 bits per heavy atom. The van der Waals surface area contributed by atoms with Gasteiger partial charge in [0.2, 0.25) is 0 Å². The lowest BCUT2D eigenvalue weighted by Crippen LogP contribution is -2.10. The highest BCUT2D eigenvalue weighted by molar-refractivity contribution is 5.26. The van der Waals surface area contributed by atoms with Crippen LogP contribution in [0.5, 0.6) is 0 Å². The number of nitrogens with zero attached hydrogens (tertiary/aromatic N) is 1. The Balaban J connectivity index is 2.31. The van der Waals surface area contributed by atoms with Gasteiger partial charge in [0.15, 0.2) is 0 Å². The number of halogens is 1. The third-order valence-corrected chi connectivity index (χ3v) is 2.68. The molecule has 0 amide bonds. The van der Waals surface area contributed by atoms with Gasteiger partial charge in [-0.2, -0.15) is 5.26 Å². The maximum Gasteiger partial charge on any atom is 0.126 e. The number of hydrogen-bond acceptors (Lipinski definition) is 2. The Morgan fingerprint density at radius 2 is 2.14 bits per heavy atom. The van der Waals surface area contributed by atoms with Gasteiger partial charge in [-0.25, -0.2) is 4.39 Å². The van der Waals surface area contributed by atoms with Crippen molar-refractivity contribution in [2.75, 3.05) is 13.1 Å². The number of nitriles is 1.